The van der Waals surface area contributed by atoms with Crippen molar-refractivity contribution in [3.63, 3.8) is 0 Å². The number of carbonyl (C=O) groups excluding carboxylic acids is 3. The van der Waals surface area contributed by atoms with Crippen molar-refractivity contribution >= 4 is 40.7 Å². The molecule has 9 heteroatoms. The number of carboxylic acid groups (broad SMARTS) is 1. The molecule has 32 heavy (non-hydrogen) atoms. The van der Waals surface area contributed by atoms with E-state index in [1.165, 1.54) is 4.90 Å². The summed E-state index contributed by atoms with van der Waals surface area (Å²) in [5.41, 5.74) is 1.14. The Balaban J connectivity index is 1.49. The Bertz CT molecular complexity index is 1080. The molecule has 1 fully saturated rings. The zero-order valence-corrected chi connectivity index (χ0v) is 18.7. The Morgan fingerprint density at radius 1 is 1.25 bits per heavy atom. The number of hydrogen-bond acceptors (Lipinski definition) is 5. The normalized spacial score (nSPS) is 20.2. The van der Waals surface area contributed by atoms with Crippen LogP contribution in [0.2, 0.25) is 0 Å². The molecule has 4 rings (SSSR count). The van der Waals surface area contributed by atoms with Crippen molar-refractivity contribution in [1.82, 2.24) is 10.2 Å². The van der Waals surface area contributed by atoms with Crippen molar-refractivity contribution in [2.24, 2.45) is 5.41 Å². The number of carbonyl (C=O) groups is 4. The fourth-order valence-electron chi connectivity index (χ4n) is 4.40. The molecule has 8 nitrogen and oxygen atoms in total. The van der Waals surface area contributed by atoms with E-state index in [9.17, 15) is 19.2 Å². The molecule has 2 aliphatic heterocycles. The smallest absolute Gasteiger partial charge is 0.303 e. The minimum Gasteiger partial charge on any atom is -0.481 e. The van der Waals surface area contributed by atoms with Crippen LogP contribution in [-0.2, 0) is 14.4 Å². The standard InChI is InChI=1S/C23H25N3O5S/c1-23(2,11-20(28)29)10-19(27)24-14-9-17-21(30)25-16-6-5-13(18-4-3-7-32-18)8-15(16)22(31)26(17)12-14/h3-8,14,17H,9-12H2,1-2H3,(H,24,27)(H,25,30)(H,28,29). The van der Waals surface area contributed by atoms with E-state index in [0.717, 1.165) is 10.4 Å². The molecule has 0 spiro atoms. The predicted octanol–water partition coefficient (Wildman–Crippen LogP) is 2.96. The molecule has 0 radical (unpaired) electrons. The highest BCUT2D eigenvalue weighted by atomic mass is 32.1. The van der Waals surface area contributed by atoms with Gasteiger partial charge < -0.3 is 20.6 Å². The summed E-state index contributed by atoms with van der Waals surface area (Å²) in [5.74, 6) is -1.76. The number of rotatable bonds is 6. The summed E-state index contributed by atoms with van der Waals surface area (Å²) in [7, 11) is 0. The van der Waals surface area contributed by atoms with E-state index in [2.05, 4.69) is 10.6 Å². The number of amides is 3. The number of benzene rings is 1. The molecule has 2 aliphatic rings. The zero-order valence-electron chi connectivity index (χ0n) is 17.9. The maximum absolute atomic E-state index is 13.3. The van der Waals surface area contributed by atoms with Crippen LogP contribution < -0.4 is 10.6 Å². The Hall–Kier alpha value is -3.20. The molecule has 3 heterocycles. The second-order valence-corrected chi connectivity index (χ2v) is 10.1. The van der Waals surface area contributed by atoms with Gasteiger partial charge in [0.2, 0.25) is 11.8 Å². The fourth-order valence-corrected chi connectivity index (χ4v) is 5.12. The fraction of sp³-hybridized carbons (Fsp3) is 0.391. The van der Waals surface area contributed by atoms with Gasteiger partial charge in [-0.2, -0.15) is 0 Å². The van der Waals surface area contributed by atoms with Crippen LogP contribution in [0.3, 0.4) is 0 Å². The van der Waals surface area contributed by atoms with E-state index in [1.54, 1.807) is 37.3 Å². The Morgan fingerprint density at radius 2 is 2.03 bits per heavy atom. The SMILES string of the molecule is CC(C)(CC(=O)O)CC(=O)NC1CC2C(=O)Nc3ccc(-c4cccs4)cc3C(=O)N2C1. The van der Waals surface area contributed by atoms with Gasteiger partial charge in [0.05, 0.1) is 17.7 Å². The highest BCUT2D eigenvalue weighted by molar-refractivity contribution is 7.13. The molecule has 1 aromatic carbocycles. The average Bonchev–Trinajstić information content (AvgIpc) is 3.34. The predicted molar refractivity (Wildman–Crippen MR) is 120 cm³/mol. The van der Waals surface area contributed by atoms with Crippen molar-refractivity contribution < 1.29 is 24.3 Å². The second kappa shape index (κ2) is 8.38. The summed E-state index contributed by atoms with van der Waals surface area (Å²) >= 11 is 1.57. The van der Waals surface area contributed by atoms with Gasteiger partial charge in [0.25, 0.3) is 5.91 Å². The molecule has 2 aromatic rings. The molecular formula is C23H25N3O5S. The summed E-state index contributed by atoms with van der Waals surface area (Å²) < 4.78 is 0. The van der Waals surface area contributed by atoms with Crippen molar-refractivity contribution in [2.75, 3.05) is 11.9 Å². The van der Waals surface area contributed by atoms with Crippen molar-refractivity contribution in [2.45, 2.75) is 45.2 Å². The summed E-state index contributed by atoms with van der Waals surface area (Å²) in [4.78, 5) is 52.2. The van der Waals surface area contributed by atoms with Crippen molar-refractivity contribution in [3.05, 3.63) is 41.3 Å². The van der Waals surface area contributed by atoms with E-state index in [1.807, 2.05) is 23.6 Å². The summed E-state index contributed by atoms with van der Waals surface area (Å²) in [6.07, 6.45) is 0.242. The third-order valence-corrected chi connectivity index (χ3v) is 6.73. The van der Waals surface area contributed by atoms with Gasteiger partial charge in [-0.3, -0.25) is 19.2 Å². The zero-order chi connectivity index (χ0) is 23.0. The van der Waals surface area contributed by atoms with Crippen LogP contribution in [0.1, 0.15) is 43.5 Å². The number of hydrogen-bond donors (Lipinski definition) is 3. The molecule has 168 valence electrons. The first-order chi connectivity index (χ1) is 15.1. The summed E-state index contributed by atoms with van der Waals surface area (Å²) in [5, 5.41) is 16.7. The van der Waals surface area contributed by atoms with Crippen LogP contribution in [0.25, 0.3) is 10.4 Å². The van der Waals surface area contributed by atoms with E-state index in [0.29, 0.717) is 17.7 Å². The highest BCUT2D eigenvalue weighted by Gasteiger charge is 2.43. The first-order valence-corrected chi connectivity index (χ1v) is 11.3. The van der Waals surface area contributed by atoms with Gasteiger partial charge in [0.15, 0.2) is 0 Å². The number of aliphatic carboxylic acids is 1. The van der Waals surface area contributed by atoms with E-state index >= 15 is 0 Å². The second-order valence-electron chi connectivity index (χ2n) is 9.11. The number of thiophene rings is 1. The molecule has 0 bridgehead atoms. The van der Waals surface area contributed by atoms with Crippen LogP contribution in [0.4, 0.5) is 5.69 Å². The topological polar surface area (TPSA) is 116 Å². The highest BCUT2D eigenvalue weighted by Crippen LogP contribution is 2.33. The molecular weight excluding hydrogens is 430 g/mol. The Labute approximate surface area is 189 Å². The monoisotopic (exact) mass is 455 g/mol. The van der Waals surface area contributed by atoms with Gasteiger partial charge >= 0.3 is 5.97 Å². The summed E-state index contributed by atoms with van der Waals surface area (Å²) in [6.45, 7) is 3.68. The first kappa shape index (κ1) is 22.0. The van der Waals surface area contributed by atoms with Crippen LogP contribution in [0.15, 0.2) is 35.7 Å². The number of fused-ring (bicyclic) bond motifs is 2. The minimum atomic E-state index is -0.958. The largest absolute Gasteiger partial charge is 0.481 e. The van der Waals surface area contributed by atoms with Gasteiger partial charge in [-0.05, 0) is 41.0 Å². The van der Waals surface area contributed by atoms with E-state index in [-0.39, 0.29) is 43.1 Å². The van der Waals surface area contributed by atoms with Crippen LogP contribution in [0, 0.1) is 5.41 Å². The molecule has 3 N–H and O–H groups in total. The molecule has 0 saturated carbocycles. The van der Waals surface area contributed by atoms with Gasteiger partial charge in [-0.15, -0.1) is 11.3 Å². The first-order valence-electron chi connectivity index (χ1n) is 10.4. The third-order valence-electron chi connectivity index (χ3n) is 5.81. The van der Waals surface area contributed by atoms with Gasteiger partial charge in [0.1, 0.15) is 6.04 Å². The number of carboxylic acids is 1. The number of anilines is 1. The minimum absolute atomic E-state index is 0.0492. The Morgan fingerprint density at radius 3 is 2.72 bits per heavy atom. The molecule has 1 aromatic heterocycles. The lowest BCUT2D eigenvalue weighted by atomic mass is 9.85. The van der Waals surface area contributed by atoms with Crippen molar-refractivity contribution in [3.8, 4) is 10.4 Å². The van der Waals surface area contributed by atoms with E-state index in [4.69, 9.17) is 5.11 Å². The van der Waals surface area contributed by atoms with Crippen LogP contribution >= 0.6 is 11.3 Å². The third kappa shape index (κ3) is 4.52. The quantitative estimate of drug-likeness (QED) is 0.619. The lowest BCUT2D eigenvalue weighted by molar-refractivity contribution is -0.139. The maximum Gasteiger partial charge on any atom is 0.303 e. The van der Waals surface area contributed by atoms with Crippen molar-refractivity contribution in [1.29, 1.82) is 0 Å². The molecule has 1 saturated heterocycles. The maximum atomic E-state index is 13.3. The molecule has 2 unspecified atom stereocenters. The lowest BCUT2D eigenvalue weighted by Crippen LogP contribution is -2.41. The van der Waals surface area contributed by atoms with E-state index < -0.39 is 17.4 Å². The van der Waals surface area contributed by atoms with Crippen LogP contribution in [-0.4, -0.2) is 52.3 Å². The van der Waals surface area contributed by atoms with Gasteiger partial charge in [-0.25, -0.2) is 0 Å². The lowest BCUT2D eigenvalue weighted by Gasteiger charge is -2.23. The van der Waals surface area contributed by atoms with Gasteiger partial charge in [-0.1, -0.05) is 26.0 Å². The molecule has 2 atom stereocenters. The summed E-state index contributed by atoms with van der Waals surface area (Å²) in [6, 6.07) is 8.32. The van der Waals surface area contributed by atoms with Gasteiger partial charge in [0, 0.05) is 23.9 Å². The molecule has 3 amide bonds. The molecule has 0 aliphatic carbocycles. The number of nitrogens with zero attached hydrogens (tertiary/aromatic N) is 1. The average molecular weight is 456 g/mol. The number of nitrogens with one attached hydrogen (secondary N) is 2. The van der Waals surface area contributed by atoms with Crippen LogP contribution in [0.5, 0.6) is 0 Å². The Kier molecular flexibility index (Phi) is 5.77.